The highest BCUT2D eigenvalue weighted by molar-refractivity contribution is 6.29. The maximum absolute atomic E-state index is 11.4. The third-order valence-corrected chi connectivity index (χ3v) is 3.32. The number of nitrogens with zero attached hydrogens (tertiary/aromatic N) is 6. The summed E-state index contributed by atoms with van der Waals surface area (Å²) in [5.74, 6) is 0.931. The summed E-state index contributed by atoms with van der Waals surface area (Å²) < 4.78 is 1.60. The summed E-state index contributed by atoms with van der Waals surface area (Å²) >= 11 is 5.72. The van der Waals surface area contributed by atoms with Crippen LogP contribution in [0.5, 0.6) is 0 Å². The third-order valence-electron chi connectivity index (χ3n) is 3.13. The summed E-state index contributed by atoms with van der Waals surface area (Å²) in [5.41, 5.74) is 6.31. The fraction of sp³-hybridized carbons (Fsp3) is 0.231. The molecule has 0 radical (unpaired) electrons. The SMILES string of the molecule is Cc1cc(NCCNc2nnc(Cl)cc2C(N)=O)n2ncnc2n1. The lowest BCUT2D eigenvalue weighted by Crippen LogP contribution is -2.20. The van der Waals surface area contributed by atoms with Crippen molar-refractivity contribution in [1.29, 1.82) is 0 Å². The van der Waals surface area contributed by atoms with E-state index in [9.17, 15) is 4.79 Å². The number of carbonyl (C=O) groups excluding carboxylic acids is 1. The number of nitrogens with one attached hydrogen (secondary N) is 2. The van der Waals surface area contributed by atoms with Crippen molar-refractivity contribution in [3.8, 4) is 0 Å². The number of anilines is 2. The molecule has 0 aromatic carbocycles. The van der Waals surface area contributed by atoms with Crippen LogP contribution in [0, 0.1) is 6.92 Å². The monoisotopic (exact) mass is 347 g/mol. The molecule has 0 aliphatic carbocycles. The van der Waals surface area contributed by atoms with Crippen LogP contribution in [0.3, 0.4) is 0 Å². The Morgan fingerprint density at radius 1 is 1.29 bits per heavy atom. The number of primary amides is 1. The van der Waals surface area contributed by atoms with Crippen LogP contribution < -0.4 is 16.4 Å². The Kier molecular flexibility index (Phi) is 4.38. The van der Waals surface area contributed by atoms with Gasteiger partial charge in [-0.1, -0.05) is 11.6 Å². The minimum atomic E-state index is -0.628. The molecule has 124 valence electrons. The number of aromatic nitrogens is 6. The number of nitrogens with two attached hydrogens (primary N) is 1. The molecule has 0 atom stereocenters. The number of rotatable bonds is 6. The van der Waals surface area contributed by atoms with Crippen LogP contribution in [-0.4, -0.2) is 48.8 Å². The van der Waals surface area contributed by atoms with Crippen molar-refractivity contribution >= 4 is 34.9 Å². The Labute approximate surface area is 141 Å². The fourth-order valence-electron chi connectivity index (χ4n) is 2.11. The molecule has 3 aromatic rings. The van der Waals surface area contributed by atoms with Gasteiger partial charge in [0.2, 0.25) is 0 Å². The van der Waals surface area contributed by atoms with E-state index >= 15 is 0 Å². The summed E-state index contributed by atoms with van der Waals surface area (Å²) in [6, 6.07) is 3.23. The number of hydrogen-bond donors (Lipinski definition) is 3. The highest BCUT2D eigenvalue weighted by Crippen LogP contribution is 2.14. The van der Waals surface area contributed by atoms with Crippen molar-refractivity contribution < 1.29 is 4.79 Å². The minimum absolute atomic E-state index is 0.105. The van der Waals surface area contributed by atoms with Gasteiger partial charge in [-0.2, -0.15) is 14.6 Å². The summed E-state index contributed by atoms with van der Waals surface area (Å²) in [7, 11) is 0. The second kappa shape index (κ2) is 6.62. The van der Waals surface area contributed by atoms with Crippen molar-refractivity contribution in [3.63, 3.8) is 0 Å². The van der Waals surface area contributed by atoms with Crippen LogP contribution in [0.4, 0.5) is 11.6 Å². The first-order valence-electron chi connectivity index (χ1n) is 7.03. The molecule has 0 fully saturated rings. The predicted octanol–water partition coefficient (Wildman–Crippen LogP) is 0.499. The van der Waals surface area contributed by atoms with E-state index in [4.69, 9.17) is 17.3 Å². The molecular weight excluding hydrogens is 334 g/mol. The molecule has 11 heteroatoms. The first kappa shape index (κ1) is 15.9. The smallest absolute Gasteiger partial charge is 0.254 e. The average Bonchev–Trinajstić information content (AvgIpc) is 3.00. The zero-order valence-corrected chi connectivity index (χ0v) is 13.4. The van der Waals surface area contributed by atoms with Gasteiger partial charge in [0.15, 0.2) is 11.0 Å². The van der Waals surface area contributed by atoms with Crippen LogP contribution in [0.25, 0.3) is 5.78 Å². The Morgan fingerprint density at radius 3 is 2.88 bits per heavy atom. The van der Waals surface area contributed by atoms with Gasteiger partial charge >= 0.3 is 0 Å². The van der Waals surface area contributed by atoms with E-state index in [1.54, 1.807) is 4.52 Å². The van der Waals surface area contributed by atoms with Gasteiger partial charge in [0.25, 0.3) is 11.7 Å². The van der Waals surface area contributed by atoms with Crippen molar-refractivity contribution in [2.24, 2.45) is 5.73 Å². The molecule has 1 amide bonds. The molecule has 10 nitrogen and oxygen atoms in total. The predicted molar refractivity (Wildman–Crippen MR) is 88.1 cm³/mol. The largest absolute Gasteiger partial charge is 0.368 e. The second-order valence-electron chi connectivity index (χ2n) is 4.90. The van der Waals surface area contributed by atoms with Crippen molar-refractivity contribution in [1.82, 2.24) is 29.8 Å². The molecule has 0 spiro atoms. The highest BCUT2D eigenvalue weighted by Gasteiger charge is 2.11. The normalized spacial score (nSPS) is 10.8. The maximum atomic E-state index is 11.4. The Bertz CT molecular complexity index is 894. The lowest BCUT2D eigenvalue weighted by Gasteiger charge is -2.11. The topological polar surface area (TPSA) is 136 Å². The number of aryl methyl sites for hydroxylation is 1. The Morgan fingerprint density at radius 2 is 2.08 bits per heavy atom. The van der Waals surface area contributed by atoms with Crippen LogP contribution in [0.2, 0.25) is 5.15 Å². The standard InChI is InChI=1S/C13H14ClN9O/c1-7-4-10(23-13(20-7)18-6-19-23)16-2-3-17-12-8(11(15)24)5-9(14)21-22-12/h4-6,16H,2-3H2,1H3,(H2,15,24)(H,17,22). The Hall–Kier alpha value is -3.01. The van der Waals surface area contributed by atoms with E-state index in [0.717, 1.165) is 11.5 Å². The molecule has 24 heavy (non-hydrogen) atoms. The van der Waals surface area contributed by atoms with Gasteiger partial charge < -0.3 is 16.4 Å². The number of fused-ring (bicyclic) bond motifs is 1. The van der Waals surface area contributed by atoms with Gasteiger partial charge in [0.1, 0.15) is 12.1 Å². The summed E-state index contributed by atoms with van der Waals surface area (Å²) in [6.45, 7) is 2.87. The van der Waals surface area contributed by atoms with E-state index in [1.165, 1.54) is 12.4 Å². The number of carbonyl (C=O) groups is 1. The van der Waals surface area contributed by atoms with Crippen molar-refractivity contribution in [2.75, 3.05) is 23.7 Å². The summed E-state index contributed by atoms with van der Waals surface area (Å²) in [4.78, 5) is 19.7. The van der Waals surface area contributed by atoms with Crippen LogP contribution in [0.15, 0.2) is 18.5 Å². The average molecular weight is 348 g/mol. The van der Waals surface area contributed by atoms with Crippen LogP contribution in [-0.2, 0) is 0 Å². The molecule has 3 heterocycles. The van der Waals surface area contributed by atoms with Gasteiger partial charge in [-0.3, -0.25) is 4.79 Å². The zero-order chi connectivity index (χ0) is 17.1. The van der Waals surface area contributed by atoms with E-state index < -0.39 is 5.91 Å². The molecular formula is C13H14ClN9O. The van der Waals surface area contributed by atoms with Gasteiger partial charge in [-0.25, -0.2) is 4.98 Å². The van der Waals surface area contributed by atoms with Gasteiger partial charge in [-0.15, -0.1) is 10.2 Å². The number of hydrogen-bond acceptors (Lipinski definition) is 8. The minimum Gasteiger partial charge on any atom is -0.368 e. The highest BCUT2D eigenvalue weighted by atomic mass is 35.5. The summed E-state index contributed by atoms with van der Waals surface area (Å²) in [5, 5.41) is 18.0. The van der Waals surface area contributed by atoms with E-state index in [2.05, 4.69) is 35.9 Å². The van der Waals surface area contributed by atoms with Gasteiger partial charge in [-0.05, 0) is 13.0 Å². The van der Waals surface area contributed by atoms with E-state index in [1.807, 2.05) is 13.0 Å². The van der Waals surface area contributed by atoms with Gasteiger partial charge in [0.05, 0.1) is 5.56 Å². The Balaban J connectivity index is 1.65. The molecule has 0 saturated heterocycles. The molecule has 3 aromatic heterocycles. The molecule has 4 N–H and O–H groups in total. The van der Waals surface area contributed by atoms with Crippen LogP contribution >= 0.6 is 11.6 Å². The summed E-state index contributed by atoms with van der Waals surface area (Å²) in [6.07, 6.45) is 1.44. The number of halogens is 1. The van der Waals surface area contributed by atoms with E-state index in [-0.39, 0.29) is 16.5 Å². The quantitative estimate of drug-likeness (QED) is 0.548. The third kappa shape index (κ3) is 3.33. The van der Waals surface area contributed by atoms with Crippen LogP contribution in [0.1, 0.15) is 16.1 Å². The molecule has 0 aliphatic rings. The molecule has 0 saturated carbocycles. The lowest BCUT2D eigenvalue weighted by molar-refractivity contribution is 0.100. The number of amides is 1. The molecule has 0 aliphatic heterocycles. The fourth-order valence-corrected chi connectivity index (χ4v) is 2.26. The van der Waals surface area contributed by atoms with E-state index in [0.29, 0.717) is 18.9 Å². The lowest BCUT2D eigenvalue weighted by atomic mass is 10.2. The van der Waals surface area contributed by atoms with Crippen molar-refractivity contribution in [2.45, 2.75) is 6.92 Å². The molecule has 0 bridgehead atoms. The van der Waals surface area contributed by atoms with Gasteiger partial charge in [0, 0.05) is 24.8 Å². The first-order valence-corrected chi connectivity index (χ1v) is 7.40. The zero-order valence-electron chi connectivity index (χ0n) is 12.7. The molecule has 3 rings (SSSR count). The maximum Gasteiger partial charge on any atom is 0.254 e. The van der Waals surface area contributed by atoms with Crippen molar-refractivity contribution in [3.05, 3.63) is 34.9 Å². The molecule has 0 unspecified atom stereocenters. The first-order chi connectivity index (χ1) is 11.5. The second-order valence-corrected chi connectivity index (χ2v) is 5.29.